The number of allylic oxidation sites excluding steroid dienone is 1. The summed E-state index contributed by atoms with van der Waals surface area (Å²) in [4.78, 5) is 31.6. The number of nitrogens with zero attached hydrogens (tertiary/aromatic N) is 2. The number of ether oxygens (including phenoxy) is 1. The molecule has 2 heterocycles. The van der Waals surface area contributed by atoms with Gasteiger partial charge in [0.1, 0.15) is 0 Å². The molecule has 1 saturated heterocycles. The molecule has 0 aliphatic carbocycles. The molecular formula is C18H20N2O3S. The van der Waals surface area contributed by atoms with E-state index in [-0.39, 0.29) is 17.8 Å². The zero-order chi connectivity index (χ0) is 17.3. The Bertz CT molecular complexity index is 727. The molecule has 3 rings (SSSR count). The van der Waals surface area contributed by atoms with Gasteiger partial charge in [0.2, 0.25) is 5.91 Å². The quantitative estimate of drug-likeness (QED) is 0.787. The van der Waals surface area contributed by atoms with Gasteiger partial charge in [0.25, 0.3) is 0 Å². The number of hydrogen-bond acceptors (Lipinski definition) is 5. The third kappa shape index (κ3) is 2.75. The fraction of sp³-hybridized carbons (Fsp3) is 0.389. The second-order valence-electron chi connectivity index (χ2n) is 5.65. The van der Waals surface area contributed by atoms with E-state index in [1.165, 1.54) is 11.8 Å². The smallest absolute Gasteiger partial charge is 0.338 e. The van der Waals surface area contributed by atoms with Crippen molar-refractivity contribution in [1.29, 1.82) is 0 Å². The molecule has 0 aromatic heterocycles. The van der Waals surface area contributed by atoms with E-state index in [0.29, 0.717) is 16.4 Å². The Hall–Kier alpha value is -2.08. The minimum atomic E-state index is -0.478. The van der Waals surface area contributed by atoms with Gasteiger partial charge in [-0.25, -0.2) is 9.79 Å². The highest BCUT2D eigenvalue weighted by molar-refractivity contribution is 8.15. The maximum Gasteiger partial charge on any atom is 0.338 e. The maximum absolute atomic E-state index is 12.8. The highest BCUT2D eigenvalue weighted by Gasteiger charge is 2.47. The summed E-state index contributed by atoms with van der Waals surface area (Å²) in [6, 6.07) is 9.11. The third-order valence-electron chi connectivity index (χ3n) is 4.13. The van der Waals surface area contributed by atoms with Crippen LogP contribution in [0, 0.1) is 0 Å². The van der Waals surface area contributed by atoms with Gasteiger partial charge in [0.05, 0.1) is 29.2 Å². The van der Waals surface area contributed by atoms with E-state index in [1.54, 1.807) is 18.7 Å². The van der Waals surface area contributed by atoms with Crippen LogP contribution < -0.4 is 0 Å². The molecule has 2 aliphatic rings. The van der Waals surface area contributed by atoms with Gasteiger partial charge >= 0.3 is 5.97 Å². The number of fused-ring (bicyclic) bond motifs is 1. The number of rotatable bonds is 4. The fourth-order valence-electron chi connectivity index (χ4n) is 3.01. The lowest BCUT2D eigenvalue weighted by Gasteiger charge is -2.33. The van der Waals surface area contributed by atoms with Crippen LogP contribution in [0.15, 0.2) is 46.6 Å². The van der Waals surface area contributed by atoms with Crippen LogP contribution in [0.4, 0.5) is 0 Å². The zero-order valence-corrected chi connectivity index (χ0v) is 14.8. The van der Waals surface area contributed by atoms with Crippen molar-refractivity contribution in [2.24, 2.45) is 4.99 Å². The summed E-state index contributed by atoms with van der Waals surface area (Å²) < 4.78 is 5.23. The highest BCUT2D eigenvalue weighted by Crippen LogP contribution is 2.43. The second-order valence-corrected chi connectivity index (χ2v) is 6.82. The van der Waals surface area contributed by atoms with Crippen LogP contribution in [0.1, 0.15) is 38.8 Å². The van der Waals surface area contributed by atoms with Gasteiger partial charge in [-0.3, -0.25) is 9.69 Å². The van der Waals surface area contributed by atoms with Gasteiger partial charge in [-0.15, -0.1) is 0 Å². The number of benzene rings is 1. The number of thioether (sulfide) groups is 1. The van der Waals surface area contributed by atoms with Crippen molar-refractivity contribution in [3.8, 4) is 0 Å². The molecule has 0 N–H and O–H groups in total. The summed E-state index contributed by atoms with van der Waals surface area (Å²) >= 11 is 1.47. The van der Waals surface area contributed by atoms with Crippen LogP contribution in [-0.2, 0) is 14.3 Å². The van der Waals surface area contributed by atoms with E-state index in [4.69, 9.17) is 4.74 Å². The van der Waals surface area contributed by atoms with E-state index >= 15 is 0 Å². The Kier molecular flexibility index (Phi) is 4.76. The Labute approximate surface area is 145 Å². The Morgan fingerprint density at radius 1 is 1.29 bits per heavy atom. The number of carbonyl (C=O) groups excluding carboxylic acids is 2. The minimum absolute atomic E-state index is 0.00408. The molecule has 1 fully saturated rings. The first kappa shape index (κ1) is 16.8. The standard InChI is InChI=1S/C18H20N2O3S/c1-4-13-16(21)20-15(12-9-7-6-8-10-12)14(17(22)23-5-2)11(3)19-18(20)24-13/h6-10,13,15H,4-5H2,1-3H3/t13-,15-/m0/s1. The monoisotopic (exact) mass is 344 g/mol. The predicted octanol–water partition coefficient (Wildman–Crippen LogP) is 3.29. The van der Waals surface area contributed by atoms with Crippen LogP contribution in [0.5, 0.6) is 0 Å². The molecule has 2 atom stereocenters. The summed E-state index contributed by atoms with van der Waals surface area (Å²) in [5.74, 6) is -0.409. The van der Waals surface area contributed by atoms with Gasteiger partial charge in [-0.2, -0.15) is 0 Å². The molecule has 24 heavy (non-hydrogen) atoms. The average Bonchev–Trinajstić information content (AvgIpc) is 2.90. The largest absolute Gasteiger partial charge is 0.463 e. The number of aliphatic imine (C=N–C) groups is 1. The molecule has 0 radical (unpaired) electrons. The Morgan fingerprint density at radius 3 is 2.62 bits per heavy atom. The highest BCUT2D eigenvalue weighted by atomic mass is 32.2. The number of esters is 1. The van der Waals surface area contributed by atoms with Crippen molar-refractivity contribution < 1.29 is 14.3 Å². The van der Waals surface area contributed by atoms with Crippen LogP contribution in [-0.4, -0.2) is 33.8 Å². The van der Waals surface area contributed by atoms with E-state index in [1.807, 2.05) is 37.3 Å². The van der Waals surface area contributed by atoms with Crippen LogP contribution in [0.3, 0.4) is 0 Å². The van der Waals surface area contributed by atoms with Crippen LogP contribution >= 0.6 is 11.8 Å². The summed E-state index contributed by atoms with van der Waals surface area (Å²) in [7, 11) is 0. The van der Waals surface area contributed by atoms with Gasteiger partial charge in [-0.1, -0.05) is 49.0 Å². The van der Waals surface area contributed by atoms with Crippen molar-refractivity contribution in [3.05, 3.63) is 47.2 Å². The normalized spacial score (nSPS) is 23.2. The molecule has 0 spiro atoms. The Balaban J connectivity index is 2.12. The van der Waals surface area contributed by atoms with Crippen LogP contribution in [0.2, 0.25) is 0 Å². The molecule has 0 bridgehead atoms. The van der Waals surface area contributed by atoms with Gasteiger partial charge in [0.15, 0.2) is 5.17 Å². The average molecular weight is 344 g/mol. The van der Waals surface area contributed by atoms with Gasteiger partial charge in [0, 0.05) is 0 Å². The zero-order valence-electron chi connectivity index (χ0n) is 14.0. The molecular weight excluding hydrogens is 324 g/mol. The molecule has 126 valence electrons. The summed E-state index contributed by atoms with van der Waals surface area (Å²) in [6.07, 6.45) is 0.730. The van der Waals surface area contributed by atoms with Crippen molar-refractivity contribution in [2.75, 3.05) is 6.61 Å². The molecule has 0 unspecified atom stereocenters. The first-order chi connectivity index (χ1) is 11.6. The fourth-order valence-corrected chi connectivity index (χ4v) is 4.14. The van der Waals surface area contributed by atoms with Crippen molar-refractivity contribution in [1.82, 2.24) is 4.90 Å². The topological polar surface area (TPSA) is 59.0 Å². The third-order valence-corrected chi connectivity index (χ3v) is 5.45. The Morgan fingerprint density at radius 2 is 2.00 bits per heavy atom. The molecule has 0 saturated carbocycles. The lowest BCUT2D eigenvalue weighted by atomic mass is 9.94. The first-order valence-corrected chi connectivity index (χ1v) is 8.97. The molecule has 1 aromatic rings. The molecule has 1 aromatic carbocycles. The summed E-state index contributed by atoms with van der Waals surface area (Å²) in [5, 5.41) is 0.524. The van der Waals surface area contributed by atoms with Crippen molar-refractivity contribution in [2.45, 2.75) is 38.5 Å². The van der Waals surface area contributed by atoms with E-state index in [9.17, 15) is 9.59 Å². The number of amides is 1. The SMILES string of the molecule is CCOC(=O)C1=C(C)N=C2S[C@@H](CC)C(=O)N2[C@H]1c1ccccc1. The van der Waals surface area contributed by atoms with Crippen LogP contribution in [0.25, 0.3) is 0 Å². The summed E-state index contributed by atoms with van der Waals surface area (Å²) in [5.41, 5.74) is 1.95. The number of amidine groups is 1. The van der Waals surface area contributed by atoms with Crippen molar-refractivity contribution >= 4 is 28.8 Å². The molecule has 2 aliphatic heterocycles. The van der Waals surface area contributed by atoms with Gasteiger partial charge in [-0.05, 0) is 25.8 Å². The second kappa shape index (κ2) is 6.81. The maximum atomic E-state index is 12.8. The minimum Gasteiger partial charge on any atom is -0.463 e. The predicted molar refractivity (Wildman–Crippen MR) is 94.5 cm³/mol. The number of hydrogen-bond donors (Lipinski definition) is 0. The number of carbonyl (C=O) groups is 2. The summed E-state index contributed by atoms with van der Waals surface area (Å²) in [6.45, 7) is 5.84. The molecule has 5 nitrogen and oxygen atoms in total. The first-order valence-electron chi connectivity index (χ1n) is 8.09. The molecule has 6 heteroatoms. The van der Waals surface area contributed by atoms with Crippen molar-refractivity contribution in [3.63, 3.8) is 0 Å². The van der Waals surface area contributed by atoms with Gasteiger partial charge < -0.3 is 4.74 Å². The van der Waals surface area contributed by atoms with E-state index < -0.39 is 12.0 Å². The van der Waals surface area contributed by atoms with E-state index in [2.05, 4.69) is 4.99 Å². The lowest BCUT2D eigenvalue weighted by molar-refractivity contribution is -0.139. The lowest BCUT2D eigenvalue weighted by Crippen LogP contribution is -2.40. The molecule has 1 amide bonds. The van der Waals surface area contributed by atoms with E-state index in [0.717, 1.165) is 12.0 Å².